The third kappa shape index (κ3) is 12.3. The molecule has 0 bridgehead atoms. The first-order valence-corrected chi connectivity index (χ1v) is 21.4. The first-order valence-electron chi connectivity index (χ1n) is 17.0. The van der Waals surface area contributed by atoms with E-state index in [1.54, 1.807) is 27.6 Å². The van der Waals surface area contributed by atoms with E-state index < -0.39 is 31.1 Å². The molecule has 296 valence electrons. The summed E-state index contributed by atoms with van der Waals surface area (Å²) in [6, 6.07) is 14.8. The van der Waals surface area contributed by atoms with Gasteiger partial charge >= 0.3 is 33.4 Å². The molecule has 4 rings (SSSR count). The van der Waals surface area contributed by atoms with Crippen LogP contribution < -0.4 is 5.30 Å². The monoisotopic (exact) mass is 969 g/mol. The number of benzene rings is 2. The summed E-state index contributed by atoms with van der Waals surface area (Å²) in [6.07, 6.45) is 14.6. The molecule has 0 radical (unpaired) electrons. The summed E-state index contributed by atoms with van der Waals surface area (Å²) >= 11 is 0. The van der Waals surface area contributed by atoms with Gasteiger partial charge in [0.1, 0.15) is 0 Å². The molecule has 2 aliphatic rings. The molecule has 0 atom stereocenters. The SMILES string of the molecule is C.CC(C)c1cc(C(C)C)c(-c2ccccc2P(C2CCCCC2)C2CCCCC2)c(C(C)C)c1.O=S(=O)([N-]S(=O)(=O)C(F)(F)F)C(F)(F)F.[Au+]. The second kappa shape index (κ2) is 19.6. The van der Waals surface area contributed by atoms with Gasteiger partial charge in [-0.2, -0.15) is 26.3 Å². The summed E-state index contributed by atoms with van der Waals surface area (Å²) in [5, 5.41) is 1.75. The van der Waals surface area contributed by atoms with Gasteiger partial charge in [-0.25, -0.2) is 16.8 Å². The molecule has 15 heteroatoms. The summed E-state index contributed by atoms with van der Waals surface area (Å²) in [4.78, 5) is 0. The van der Waals surface area contributed by atoms with Crippen molar-refractivity contribution in [3.63, 3.8) is 0 Å². The maximum atomic E-state index is 11.4. The zero-order valence-corrected chi connectivity index (χ0v) is 34.0. The van der Waals surface area contributed by atoms with Crippen molar-refractivity contribution < 1.29 is 65.6 Å². The topological polar surface area (TPSA) is 82.4 Å². The fourth-order valence-electron chi connectivity index (χ4n) is 6.80. The van der Waals surface area contributed by atoms with Crippen molar-refractivity contribution in [1.82, 2.24) is 0 Å². The Morgan fingerprint density at radius 2 is 1.02 bits per heavy atom. The van der Waals surface area contributed by atoms with E-state index in [9.17, 15) is 43.2 Å². The normalized spacial score (nSPS) is 16.9. The van der Waals surface area contributed by atoms with E-state index in [4.69, 9.17) is 0 Å². The number of halogens is 6. The minimum Gasteiger partial charge on any atom is -0.421 e. The predicted octanol–water partition coefficient (Wildman–Crippen LogP) is 12.2. The molecule has 2 saturated carbocycles. The van der Waals surface area contributed by atoms with Crippen LogP contribution in [0.1, 0.15) is 148 Å². The van der Waals surface area contributed by atoms with Crippen LogP contribution in [0.3, 0.4) is 0 Å². The molecule has 0 unspecified atom stereocenters. The van der Waals surface area contributed by atoms with E-state index in [-0.39, 0.29) is 37.7 Å². The Morgan fingerprint density at radius 1 is 0.647 bits per heavy atom. The Hall–Kier alpha value is -0.950. The number of alkyl halides is 6. The van der Waals surface area contributed by atoms with Gasteiger partial charge in [0.15, 0.2) is 20.0 Å². The molecule has 0 spiro atoms. The molecule has 5 nitrogen and oxygen atoms in total. The average Bonchev–Trinajstić information content (AvgIpc) is 3.00. The third-order valence-electron chi connectivity index (χ3n) is 9.30. The summed E-state index contributed by atoms with van der Waals surface area (Å²) in [6.45, 7) is 14.3. The van der Waals surface area contributed by atoms with Crippen molar-refractivity contribution in [3.8, 4) is 11.1 Å². The van der Waals surface area contributed by atoms with Crippen LogP contribution in [0.4, 0.5) is 26.3 Å². The molecular weight excluding hydrogens is 916 g/mol. The van der Waals surface area contributed by atoms with Gasteiger partial charge in [0.25, 0.3) is 0 Å². The predicted molar refractivity (Wildman–Crippen MR) is 194 cm³/mol. The van der Waals surface area contributed by atoms with Crippen LogP contribution in [0.25, 0.3) is 15.3 Å². The minimum absolute atomic E-state index is 0. The van der Waals surface area contributed by atoms with Gasteiger partial charge in [0, 0.05) is 0 Å². The van der Waals surface area contributed by atoms with Crippen LogP contribution in [0.2, 0.25) is 0 Å². The molecule has 0 amide bonds. The van der Waals surface area contributed by atoms with Gasteiger partial charge in [0.05, 0.1) is 0 Å². The van der Waals surface area contributed by atoms with Crippen molar-refractivity contribution in [2.24, 2.45) is 0 Å². The fourth-order valence-corrected chi connectivity index (χ4v) is 12.5. The Labute approximate surface area is 318 Å². The van der Waals surface area contributed by atoms with Crippen LogP contribution in [-0.2, 0) is 42.4 Å². The molecular formula is C36H53AuF6NO4PS2. The Balaban J connectivity index is 0.000000654. The number of hydrogen-bond donors (Lipinski definition) is 0. The van der Waals surface area contributed by atoms with Crippen molar-refractivity contribution in [2.75, 3.05) is 0 Å². The van der Waals surface area contributed by atoms with Crippen LogP contribution >= 0.6 is 7.92 Å². The second-order valence-electron chi connectivity index (χ2n) is 14.0. The van der Waals surface area contributed by atoms with Gasteiger partial charge in [-0.15, -0.1) is 0 Å². The summed E-state index contributed by atoms with van der Waals surface area (Å²) < 4.78 is 109. The number of sulfonamides is 2. The standard InChI is InChI=1S/C33H49P.C2F6NO4S2.CH4.Au/c1-23(2)26-21-30(24(3)4)33(31(22-26)25(5)6)29-19-13-14-20-32(29)34(27-15-9-7-10-16-27)28-17-11-8-12-18-28;3-1(4,5)14(10,11)9-15(12,13)2(6,7)8;;/h13-14,19-25,27-28H,7-12,15-18H2,1-6H3;;1H4;/q;-1;;+1. The fraction of sp³-hybridized carbons (Fsp3) is 0.667. The molecule has 0 saturated heterocycles. The van der Waals surface area contributed by atoms with E-state index in [1.165, 1.54) is 69.8 Å². The molecule has 2 aromatic carbocycles. The molecule has 0 N–H and O–H groups in total. The van der Waals surface area contributed by atoms with Crippen molar-refractivity contribution in [1.29, 1.82) is 0 Å². The third-order valence-corrected chi connectivity index (χ3v) is 15.6. The Morgan fingerprint density at radius 3 is 1.35 bits per heavy atom. The first-order chi connectivity index (χ1) is 22.6. The van der Waals surface area contributed by atoms with Crippen molar-refractivity contribution in [3.05, 3.63) is 57.2 Å². The first kappa shape index (κ1) is 48.1. The molecule has 2 aromatic rings. The average molecular weight is 970 g/mol. The van der Waals surface area contributed by atoms with Gasteiger partial charge in [0.2, 0.25) is 0 Å². The molecule has 0 heterocycles. The van der Waals surface area contributed by atoms with E-state index in [0.29, 0.717) is 17.8 Å². The number of rotatable bonds is 9. The van der Waals surface area contributed by atoms with Gasteiger partial charge in [-0.1, -0.05) is 132 Å². The van der Waals surface area contributed by atoms with Crippen LogP contribution in [0.15, 0.2) is 36.4 Å². The smallest absolute Gasteiger partial charge is 0.421 e. The molecule has 2 aliphatic carbocycles. The van der Waals surface area contributed by atoms with Crippen LogP contribution in [-0.4, -0.2) is 39.2 Å². The summed E-state index contributed by atoms with van der Waals surface area (Å²) in [7, 11) is -13.6. The summed E-state index contributed by atoms with van der Waals surface area (Å²) in [5.74, 6) is 1.64. The van der Waals surface area contributed by atoms with Crippen LogP contribution in [0.5, 0.6) is 0 Å². The molecule has 51 heavy (non-hydrogen) atoms. The number of hydrogen-bond acceptors (Lipinski definition) is 4. The maximum Gasteiger partial charge on any atom is 1.00 e. The van der Waals surface area contributed by atoms with Crippen molar-refractivity contribution >= 4 is 33.3 Å². The minimum atomic E-state index is -6.72. The quantitative estimate of drug-likeness (QED) is 0.142. The van der Waals surface area contributed by atoms with E-state index in [2.05, 4.69) is 77.9 Å². The van der Waals surface area contributed by atoms with E-state index in [0.717, 1.165) is 15.4 Å². The molecule has 0 aromatic heterocycles. The van der Waals surface area contributed by atoms with Crippen LogP contribution in [0, 0.1) is 0 Å². The summed E-state index contributed by atoms with van der Waals surface area (Å²) in [5.41, 5.74) is -2.70. The van der Waals surface area contributed by atoms with E-state index in [1.807, 2.05) is 0 Å². The zero-order valence-electron chi connectivity index (χ0n) is 29.3. The van der Waals surface area contributed by atoms with Crippen molar-refractivity contribution in [2.45, 2.75) is 153 Å². The zero-order chi connectivity index (χ0) is 36.9. The number of nitrogens with zero attached hydrogens (tertiary/aromatic N) is 1. The Bertz CT molecular complexity index is 1530. The maximum absolute atomic E-state index is 11.4. The molecule has 2 fully saturated rings. The second-order valence-corrected chi connectivity index (χ2v) is 20.1. The van der Waals surface area contributed by atoms with Gasteiger partial charge in [-0.3, -0.25) is 0 Å². The van der Waals surface area contributed by atoms with Gasteiger partial charge < -0.3 is 4.13 Å². The Kier molecular flexibility index (Phi) is 18.5. The molecule has 0 aliphatic heterocycles. The van der Waals surface area contributed by atoms with E-state index >= 15 is 0 Å². The largest absolute Gasteiger partial charge is 1.00 e. The van der Waals surface area contributed by atoms with Gasteiger partial charge in [-0.05, 0) is 87.9 Å².